The van der Waals surface area contributed by atoms with Crippen molar-refractivity contribution in [3.63, 3.8) is 0 Å². The number of nitrogens with zero attached hydrogens (tertiary/aromatic N) is 3. The lowest BCUT2D eigenvalue weighted by Crippen LogP contribution is -2.47. The molecule has 0 aromatic carbocycles. The molecule has 1 saturated heterocycles. The van der Waals surface area contributed by atoms with Gasteiger partial charge in [-0.2, -0.15) is 0 Å². The summed E-state index contributed by atoms with van der Waals surface area (Å²) < 4.78 is 4.65. The lowest BCUT2D eigenvalue weighted by molar-refractivity contribution is -0.141. The Hall–Kier alpha value is -1.33. The molecule has 1 aliphatic heterocycles. The minimum absolute atomic E-state index is 0. The van der Waals surface area contributed by atoms with Crippen molar-refractivity contribution in [1.82, 2.24) is 9.88 Å². The molecule has 5 nitrogen and oxygen atoms in total. The Bertz CT molecular complexity index is 381. The number of carbonyl (C=O) groups is 1. The van der Waals surface area contributed by atoms with Crippen LogP contribution >= 0.6 is 12.4 Å². The Morgan fingerprint density at radius 3 is 2.63 bits per heavy atom. The van der Waals surface area contributed by atoms with Crippen molar-refractivity contribution in [2.24, 2.45) is 0 Å². The maximum absolute atomic E-state index is 11.1. The summed E-state index contributed by atoms with van der Waals surface area (Å²) in [7, 11) is 1.43. The minimum Gasteiger partial charge on any atom is -0.469 e. The SMILES string of the molecule is COC(=O)CCN1CCN(c2ccccn2)CC1.Cl. The largest absolute Gasteiger partial charge is 0.469 e. The van der Waals surface area contributed by atoms with Gasteiger partial charge in [0, 0.05) is 38.9 Å². The van der Waals surface area contributed by atoms with Gasteiger partial charge in [-0.25, -0.2) is 4.98 Å². The van der Waals surface area contributed by atoms with E-state index in [0.717, 1.165) is 38.5 Å². The molecule has 106 valence electrons. The number of piperazine rings is 1. The van der Waals surface area contributed by atoms with E-state index in [1.54, 1.807) is 0 Å². The quantitative estimate of drug-likeness (QED) is 0.778. The third kappa shape index (κ3) is 4.69. The van der Waals surface area contributed by atoms with Crippen molar-refractivity contribution in [3.8, 4) is 0 Å². The molecule has 0 spiro atoms. The Kier molecular flexibility index (Phi) is 6.59. The van der Waals surface area contributed by atoms with Gasteiger partial charge < -0.3 is 9.64 Å². The maximum Gasteiger partial charge on any atom is 0.306 e. The summed E-state index contributed by atoms with van der Waals surface area (Å²) in [5, 5.41) is 0. The average Bonchev–Trinajstić information content (AvgIpc) is 2.46. The summed E-state index contributed by atoms with van der Waals surface area (Å²) in [5.74, 6) is 0.896. The Morgan fingerprint density at radius 2 is 2.05 bits per heavy atom. The number of carbonyl (C=O) groups excluding carboxylic acids is 1. The van der Waals surface area contributed by atoms with Gasteiger partial charge in [0.2, 0.25) is 0 Å². The zero-order valence-electron chi connectivity index (χ0n) is 11.1. The molecule has 19 heavy (non-hydrogen) atoms. The predicted octanol–water partition coefficient (Wildman–Crippen LogP) is 1.19. The first kappa shape index (κ1) is 15.7. The first-order valence-corrected chi connectivity index (χ1v) is 6.25. The second-order valence-electron chi connectivity index (χ2n) is 4.34. The zero-order chi connectivity index (χ0) is 12.8. The van der Waals surface area contributed by atoms with Crippen molar-refractivity contribution < 1.29 is 9.53 Å². The van der Waals surface area contributed by atoms with Gasteiger partial charge in [-0.3, -0.25) is 9.69 Å². The van der Waals surface area contributed by atoms with Crippen molar-refractivity contribution >= 4 is 24.2 Å². The summed E-state index contributed by atoms with van der Waals surface area (Å²) in [6.07, 6.45) is 2.29. The fraction of sp³-hybridized carbons (Fsp3) is 0.538. The van der Waals surface area contributed by atoms with E-state index in [0.29, 0.717) is 6.42 Å². The van der Waals surface area contributed by atoms with Crippen LogP contribution in [0.2, 0.25) is 0 Å². The van der Waals surface area contributed by atoms with E-state index < -0.39 is 0 Å². The third-order valence-electron chi connectivity index (χ3n) is 3.21. The summed E-state index contributed by atoms with van der Waals surface area (Å²) in [4.78, 5) is 20.0. The number of esters is 1. The van der Waals surface area contributed by atoms with Crippen molar-refractivity contribution in [2.45, 2.75) is 6.42 Å². The van der Waals surface area contributed by atoms with Crippen LogP contribution in [0.15, 0.2) is 24.4 Å². The van der Waals surface area contributed by atoms with E-state index in [1.807, 2.05) is 24.4 Å². The van der Waals surface area contributed by atoms with Crippen LogP contribution in [-0.2, 0) is 9.53 Å². The number of hydrogen-bond acceptors (Lipinski definition) is 5. The molecule has 0 amide bonds. The van der Waals surface area contributed by atoms with Gasteiger partial charge in [0.1, 0.15) is 5.82 Å². The van der Waals surface area contributed by atoms with E-state index in [4.69, 9.17) is 0 Å². The first-order valence-electron chi connectivity index (χ1n) is 6.25. The number of hydrogen-bond donors (Lipinski definition) is 0. The number of methoxy groups -OCH3 is 1. The molecule has 0 N–H and O–H groups in total. The molecular weight excluding hydrogens is 266 g/mol. The summed E-state index contributed by atoms with van der Waals surface area (Å²) in [5.41, 5.74) is 0. The van der Waals surface area contributed by atoms with Gasteiger partial charge in [0.15, 0.2) is 0 Å². The maximum atomic E-state index is 11.1. The number of pyridine rings is 1. The molecule has 1 aromatic heterocycles. The van der Waals surface area contributed by atoms with Gasteiger partial charge in [0.25, 0.3) is 0 Å². The number of ether oxygens (including phenoxy) is 1. The van der Waals surface area contributed by atoms with Crippen LogP contribution in [0.1, 0.15) is 6.42 Å². The summed E-state index contributed by atoms with van der Waals surface area (Å²) in [6, 6.07) is 5.96. The Labute approximate surface area is 120 Å². The first-order chi connectivity index (χ1) is 8.79. The average molecular weight is 286 g/mol. The van der Waals surface area contributed by atoms with Crippen LogP contribution < -0.4 is 4.90 Å². The van der Waals surface area contributed by atoms with Gasteiger partial charge in [-0.1, -0.05) is 6.07 Å². The minimum atomic E-state index is -0.137. The van der Waals surface area contributed by atoms with Crippen molar-refractivity contribution in [2.75, 3.05) is 44.7 Å². The molecule has 1 aromatic rings. The number of halogens is 1. The number of aromatic nitrogens is 1. The number of anilines is 1. The highest BCUT2D eigenvalue weighted by Crippen LogP contribution is 2.12. The van der Waals surface area contributed by atoms with Gasteiger partial charge in [0.05, 0.1) is 13.5 Å². The van der Waals surface area contributed by atoms with Crippen LogP contribution in [0.25, 0.3) is 0 Å². The fourth-order valence-corrected chi connectivity index (χ4v) is 2.09. The summed E-state index contributed by atoms with van der Waals surface area (Å²) >= 11 is 0. The molecule has 2 rings (SSSR count). The van der Waals surface area contributed by atoms with Crippen molar-refractivity contribution in [3.05, 3.63) is 24.4 Å². The molecule has 0 unspecified atom stereocenters. The van der Waals surface area contributed by atoms with Gasteiger partial charge in [-0.15, -0.1) is 12.4 Å². The fourth-order valence-electron chi connectivity index (χ4n) is 2.09. The van der Waals surface area contributed by atoms with E-state index >= 15 is 0 Å². The lowest BCUT2D eigenvalue weighted by Gasteiger charge is -2.35. The molecule has 1 fully saturated rings. The van der Waals surface area contributed by atoms with Crippen LogP contribution in [0.3, 0.4) is 0 Å². The second-order valence-corrected chi connectivity index (χ2v) is 4.34. The monoisotopic (exact) mass is 285 g/mol. The molecule has 2 heterocycles. The highest BCUT2D eigenvalue weighted by atomic mass is 35.5. The Balaban J connectivity index is 0.00000180. The highest BCUT2D eigenvalue weighted by molar-refractivity contribution is 5.85. The van der Waals surface area contributed by atoms with E-state index in [9.17, 15) is 4.79 Å². The normalized spacial score (nSPS) is 15.7. The molecule has 6 heteroatoms. The smallest absolute Gasteiger partial charge is 0.306 e. The molecule has 0 atom stereocenters. The molecule has 1 aliphatic rings. The molecule has 0 saturated carbocycles. The van der Waals surface area contributed by atoms with Crippen LogP contribution in [0, 0.1) is 0 Å². The van der Waals surface area contributed by atoms with E-state index in [1.165, 1.54) is 7.11 Å². The van der Waals surface area contributed by atoms with Gasteiger partial charge in [-0.05, 0) is 12.1 Å². The molecule has 0 aliphatic carbocycles. The lowest BCUT2D eigenvalue weighted by atomic mass is 10.3. The molecule has 0 radical (unpaired) electrons. The van der Waals surface area contributed by atoms with E-state index in [2.05, 4.69) is 19.5 Å². The van der Waals surface area contributed by atoms with Crippen LogP contribution in [-0.4, -0.2) is 55.7 Å². The number of rotatable bonds is 4. The van der Waals surface area contributed by atoms with Crippen LogP contribution in [0.5, 0.6) is 0 Å². The highest BCUT2D eigenvalue weighted by Gasteiger charge is 2.18. The van der Waals surface area contributed by atoms with Crippen molar-refractivity contribution in [1.29, 1.82) is 0 Å². The zero-order valence-corrected chi connectivity index (χ0v) is 11.9. The third-order valence-corrected chi connectivity index (χ3v) is 3.21. The standard InChI is InChI=1S/C13H19N3O2.ClH/c1-18-13(17)5-7-15-8-10-16(11-9-15)12-4-2-3-6-14-12;/h2-4,6H,5,7-11H2,1H3;1H. The topological polar surface area (TPSA) is 45.7 Å². The Morgan fingerprint density at radius 1 is 1.32 bits per heavy atom. The second kappa shape index (κ2) is 7.96. The summed E-state index contributed by atoms with van der Waals surface area (Å²) in [6.45, 7) is 4.63. The van der Waals surface area contributed by atoms with E-state index in [-0.39, 0.29) is 18.4 Å². The molecule has 0 bridgehead atoms. The van der Waals surface area contributed by atoms with Crippen LogP contribution in [0.4, 0.5) is 5.82 Å². The van der Waals surface area contributed by atoms with Gasteiger partial charge >= 0.3 is 5.97 Å². The molecular formula is C13H20ClN3O2. The predicted molar refractivity (Wildman–Crippen MR) is 76.8 cm³/mol.